The minimum absolute atomic E-state index is 0.0135. The van der Waals surface area contributed by atoms with Crippen molar-refractivity contribution in [1.29, 1.82) is 5.41 Å². The van der Waals surface area contributed by atoms with E-state index in [2.05, 4.69) is 15.0 Å². The summed E-state index contributed by atoms with van der Waals surface area (Å²) in [5.41, 5.74) is 7.77. The lowest BCUT2D eigenvalue weighted by Crippen LogP contribution is -2.23. The van der Waals surface area contributed by atoms with Crippen LogP contribution in [0.2, 0.25) is 0 Å². The van der Waals surface area contributed by atoms with E-state index < -0.39 is 0 Å². The molecule has 106 valence electrons. The highest BCUT2D eigenvalue weighted by atomic mass is 15.2. The first-order valence-electron chi connectivity index (χ1n) is 6.79. The van der Waals surface area contributed by atoms with Gasteiger partial charge in [-0.25, -0.2) is 9.38 Å². The molecule has 3 N–H and O–H groups in total. The van der Waals surface area contributed by atoms with Gasteiger partial charge in [0.25, 0.3) is 0 Å². The third-order valence-corrected chi connectivity index (χ3v) is 3.50. The molecule has 22 heavy (non-hydrogen) atoms. The van der Waals surface area contributed by atoms with Crippen LogP contribution in [0.3, 0.4) is 0 Å². The lowest BCUT2D eigenvalue weighted by molar-refractivity contribution is 0.875. The van der Waals surface area contributed by atoms with Crippen molar-refractivity contribution in [1.82, 2.24) is 19.4 Å². The molecule has 0 saturated heterocycles. The quantitative estimate of drug-likeness (QED) is 0.524. The summed E-state index contributed by atoms with van der Waals surface area (Å²) < 4.78 is 1.45. The predicted molar refractivity (Wildman–Crippen MR) is 84.0 cm³/mol. The Labute approximate surface area is 125 Å². The van der Waals surface area contributed by atoms with Gasteiger partial charge in [0.05, 0.1) is 5.52 Å². The molecule has 0 spiro atoms. The summed E-state index contributed by atoms with van der Waals surface area (Å²) in [4.78, 5) is 13.2. The zero-order chi connectivity index (χ0) is 15.1. The fraction of sp³-hybridized carbons (Fsp3) is 0. The molecule has 0 unspecified atom stereocenters. The van der Waals surface area contributed by atoms with Crippen molar-refractivity contribution in [2.24, 2.45) is 0 Å². The van der Waals surface area contributed by atoms with Crippen LogP contribution >= 0.6 is 0 Å². The van der Waals surface area contributed by atoms with E-state index >= 15 is 0 Å². The van der Waals surface area contributed by atoms with Crippen LogP contribution in [0, 0.1) is 5.41 Å². The Hall–Kier alpha value is -3.28. The van der Waals surface area contributed by atoms with Gasteiger partial charge in [0, 0.05) is 10.9 Å². The lowest BCUT2D eigenvalue weighted by Gasteiger charge is -2.09. The summed E-state index contributed by atoms with van der Waals surface area (Å²) in [7, 11) is 0. The first-order chi connectivity index (χ1) is 10.7. The van der Waals surface area contributed by atoms with Crippen molar-refractivity contribution in [3.8, 4) is 11.4 Å². The van der Waals surface area contributed by atoms with Gasteiger partial charge in [-0.05, 0) is 12.1 Å². The van der Waals surface area contributed by atoms with Crippen LogP contribution in [-0.4, -0.2) is 19.4 Å². The molecule has 4 aromatic rings. The molecular weight excluding hydrogens is 276 g/mol. The van der Waals surface area contributed by atoms with Crippen LogP contribution in [0.1, 0.15) is 0 Å². The zero-order valence-electron chi connectivity index (χ0n) is 11.6. The number of hydrogen-bond acceptors (Lipinski definition) is 5. The van der Waals surface area contributed by atoms with E-state index in [0.29, 0.717) is 17.4 Å². The summed E-state index contributed by atoms with van der Waals surface area (Å²) >= 11 is 0. The third-order valence-electron chi connectivity index (χ3n) is 3.50. The van der Waals surface area contributed by atoms with E-state index in [4.69, 9.17) is 11.1 Å². The number of anilines is 1. The highest BCUT2D eigenvalue weighted by molar-refractivity contribution is 5.89. The summed E-state index contributed by atoms with van der Waals surface area (Å²) in [6, 6.07) is 17.1. The fourth-order valence-electron chi connectivity index (χ4n) is 2.44. The van der Waals surface area contributed by atoms with Crippen molar-refractivity contribution in [3.05, 3.63) is 60.2 Å². The van der Waals surface area contributed by atoms with E-state index in [1.54, 1.807) is 0 Å². The van der Waals surface area contributed by atoms with Crippen LogP contribution in [0.15, 0.2) is 54.6 Å². The van der Waals surface area contributed by atoms with Gasteiger partial charge in [-0.1, -0.05) is 42.5 Å². The Bertz CT molecular complexity index is 1050. The van der Waals surface area contributed by atoms with Gasteiger partial charge in [-0.15, -0.1) is 0 Å². The molecule has 0 bridgehead atoms. The number of nitrogen functional groups attached to an aromatic ring is 1. The number of rotatable bonds is 1. The second kappa shape index (κ2) is 4.63. The largest absolute Gasteiger partial charge is 0.384 e. The summed E-state index contributed by atoms with van der Waals surface area (Å²) in [6.07, 6.45) is 0. The fourth-order valence-corrected chi connectivity index (χ4v) is 2.44. The molecule has 6 heteroatoms. The van der Waals surface area contributed by atoms with Gasteiger partial charge in [0.2, 0.25) is 11.4 Å². The second-order valence-corrected chi connectivity index (χ2v) is 4.89. The minimum atomic E-state index is 0.0135. The first kappa shape index (κ1) is 12.5. The molecule has 0 aliphatic carbocycles. The van der Waals surface area contributed by atoms with E-state index in [1.165, 1.54) is 4.40 Å². The van der Waals surface area contributed by atoms with Crippen molar-refractivity contribution >= 4 is 22.5 Å². The molecule has 2 heterocycles. The Morgan fingerprint density at radius 3 is 2.41 bits per heavy atom. The molecule has 0 fully saturated rings. The minimum Gasteiger partial charge on any atom is -0.384 e. The molecule has 0 aliphatic heterocycles. The number of nitrogens with one attached hydrogen (secondary N) is 1. The molecule has 6 nitrogen and oxygen atoms in total. The number of nitrogens with zero attached hydrogens (tertiary/aromatic N) is 4. The van der Waals surface area contributed by atoms with E-state index in [-0.39, 0.29) is 5.62 Å². The summed E-state index contributed by atoms with van der Waals surface area (Å²) in [6.45, 7) is 0. The number of benzene rings is 2. The molecular formula is C16H12N6. The lowest BCUT2D eigenvalue weighted by atomic mass is 10.2. The van der Waals surface area contributed by atoms with Crippen LogP contribution in [0.5, 0.6) is 0 Å². The number of nitrogens with two attached hydrogens (primary N) is 1. The van der Waals surface area contributed by atoms with E-state index in [1.807, 2.05) is 54.6 Å². The Kier molecular flexibility index (Phi) is 2.62. The van der Waals surface area contributed by atoms with Crippen molar-refractivity contribution < 1.29 is 0 Å². The normalized spacial score (nSPS) is 11.1. The highest BCUT2D eigenvalue weighted by Crippen LogP contribution is 2.20. The van der Waals surface area contributed by atoms with Gasteiger partial charge in [0.15, 0.2) is 5.82 Å². The van der Waals surface area contributed by atoms with Crippen molar-refractivity contribution in [2.45, 2.75) is 0 Å². The molecule has 4 rings (SSSR count). The zero-order valence-corrected chi connectivity index (χ0v) is 11.6. The number of aromatic nitrogens is 4. The molecule has 2 aromatic carbocycles. The van der Waals surface area contributed by atoms with Crippen LogP contribution in [0.25, 0.3) is 28.1 Å². The molecule has 0 radical (unpaired) electrons. The van der Waals surface area contributed by atoms with Crippen molar-refractivity contribution in [3.63, 3.8) is 0 Å². The summed E-state index contributed by atoms with van der Waals surface area (Å²) in [5, 5.41) is 8.94. The van der Waals surface area contributed by atoms with Crippen LogP contribution in [-0.2, 0) is 0 Å². The maximum Gasteiger partial charge on any atom is 0.240 e. The number of para-hydroxylation sites is 1. The highest BCUT2D eigenvalue weighted by Gasteiger charge is 2.10. The van der Waals surface area contributed by atoms with Gasteiger partial charge in [0.1, 0.15) is 5.82 Å². The van der Waals surface area contributed by atoms with E-state index in [9.17, 15) is 0 Å². The molecule has 0 atom stereocenters. The Morgan fingerprint density at radius 2 is 1.59 bits per heavy atom. The number of fused-ring (bicyclic) bond motifs is 2. The molecule has 0 saturated carbocycles. The van der Waals surface area contributed by atoms with Crippen LogP contribution < -0.4 is 11.4 Å². The monoisotopic (exact) mass is 288 g/mol. The van der Waals surface area contributed by atoms with E-state index in [0.717, 1.165) is 16.5 Å². The average Bonchev–Trinajstić information content (AvgIpc) is 2.55. The Balaban J connectivity index is 2.11. The smallest absolute Gasteiger partial charge is 0.240 e. The standard InChI is InChI=1S/C16H12N6/c17-13-11-8-4-5-9-12(11)19-16-21-14(20-15(18)22(13)16)10-6-2-1-3-7-10/h1-9,18H,17H2. The maximum absolute atomic E-state index is 8.16. The molecule has 2 aromatic heterocycles. The SMILES string of the molecule is N=c1nc(-c2ccccc2)nc2nc3ccccc3c(N)n12. The van der Waals surface area contributed by atoms with Gasteiger partial charge >= 0.3 is 0 Å². The van der Waals surface area contributed by atoms with Crippen molar-refractivity contribution in [2.75, 3.05) is 5.73 Å². The predicted octanol–water partition coefficient (Wildman–Crippen LogP) is 2.01. The maximum atomic E-state index is 8.16. The van der Waals surface area contributed by atoms with Gasteiger partial charge < -0.3 is 5.73 Å². The molecule has 0 amide bonds. The average molecular weight is 288 g/mol. The summed E-state index contributed by atoms with van der Waals surface area (Å²) in [5.74, 6) is 1.26. The number of hydrogen-bond donors (Lipinski definition) is 2. The van der Waals surface area contributed by atoms with Crippen LogP contribution in [0.4, 0.5) is 5.82 Å². The Morgan fingerprint density at radius 1 is 0.864 bits per heavy atom. The topological polar surface area (TPSA) is 93.0 Å². The second-order valence-electron chi connectivity index (χ2n) is 4.89. The third kappa shape index (κ3) is 1.81. The van der Waals surface area contributed by atoms with Gasteiger partial charge in [-0.3, -0.25) is 5.41 Å². The van der Waals surface area contributed by atoms with Gasteiger partial charge in [-0.2, -0.15) is 9.97 Å². The molecule has 0 aliphatic rings. The first-order valence-corrected chi connectivity index (χ1v) is 6.79.